The van der Waals surface area contributed by atoms with Crippen LogP contribution in [0.5, 0.6) is 5.75 Å². The van der Waals surface area contributed by atoms with Crippen molar-refractivity contribution in [2.45, 2.75) is 12.5 Å². The normalized spacial score (nSPS) is 21.5. The van der Waals surface area contributed by atoms with Crippen molar-refractivity contribution in [3.05, 3.63) is 29.6 Å². The molecule has 1 aliphatic rings. The number of halogens is 1. The van der Waals surface area contributed by atoms with E-state index in [-0.39, 0.29) is 17.6 Å². The topological polar surface area (TPSA) is 47.3 Å². The van der Waals surface area contributed by atoms with Crippen molar-refractivity contribution < 1.29 is 9.13 Å². The van der Waals surface area contributed by atoms with Crippen molar-refractivity contribution in [2.24, 2.45) is 11.8 Å². The minimum absolute atomic E-state index is 0.0189. The highest BCUT2D eigenvalue weighted by molar-refractivity contribution is 7.99. The highest BCUT2D eigenvalue weighted by atomic mass is 32.2. The number of benzene rings is 1. The molecule has 0 aliphatic carbocycles. The van der Waals surface area contributed by atoms with Gasteiger partial charge in [0, 0.05) is 6.04 Å². The summed E-state index contributed by atoms with van der Waals surface area (Å²) in [6, 6.07) is 5.05. The van der Waals surface area contributed by atoms with E-state index >= 15 is 0 Å². The second kappa shape index (κ2) is 5.71. The van der Waals surface area contributed by atoms with Gasteiger partial charge in [-0.1, -0.05) is 6.07 Å². The molecule has 1 fully saturated rings. The molecule has 0 radical (unpaired) electrons. The van der Waals surface area contributed by atoms with Crippen LogP contribution in [0.1, 0.15) is 18.0 Å². The van der Waals surface area contributed by atoms with E-state index in [1.165, 1.54) is 13.2 Å². The molecule has 1 aromatic rings. The van der Waals surface area contributed by atoms with Crippen molar-refractivity contribution in [1.82, 2.24) is 5.43 Å². The maximum atomic E-state index is 13.6. The molecule has 2 rings (SSSR count). The highest BCUT2D eigenvalue weighted by Crippen LogP contribution is 2.34. The largest absolute Gasteiger partial charge is 0.494 e. The molecule has 2 atom stereocenters. The van der Waals surface area contributed by atoms with Crippen LogP contribution in [0.25, 0.3) is 0 Å². The van der Waals surface area contributed by atoms with Crippen LogP contribution < -0.4 is 16.0 Å². The minimum atomic E-state index is -0.337. The molecule has 17 heavy (non-hydrogen) atoms. The summed E-state index contributed by atoms with van der Waals surface area (Å²) in [5, 5.41) is 0. The second-order valence-corrected chi connectivity index (χ2v) is 5.31. The molecule has 0 aromatic heterocycles. The third kappa shape index (κ3) is 2.73. The minimum Gasteiger partial charge on any atom is -0.494 e. The van der Waals surface area contributed by atoms with E-state index in [0.717, 1.165) is 23.5 Å². The quantitative estimate of drug-likeness (QED) is 0.639. The molecule has 1 aromatic carbocycles. The number of rotatable bonds is 4. The number of hydrogen-bond acceptors (Lipinski definition) is 4. The lowest BCUT2D eigenvalue weighted by Gasteiger charge is -2.22. The fourth-order valence-corrected chi connectivity index (χ4v) is 3.49. The van der Waals surface area contributed by atoms with Crippen LogP contribution in [-0.2, 0) is 0 Å². The zero-order chi connectivity index (χ0) is 12.3. The van der Waals surface area contributed by atoms with Crippen molar-refractivity contribution in [3.8, 4) is 5.75 Å². The first kappa shape index (κ1) is 12.7. The summed E-state index contributed by atoms with van der Waals surface area (Å²) in [6.07, 6.45) is 1.12. The number of hydrogen-bond donors (Lipinski definition) is 2. The maximum absolute atomic E-state index is 13.6. The number of thioether (sulfide) groups is 1. The zero-order valence-corrected chi connectivity index (χ0v) is 10.6. The molecule has 3 nitrogen and oxygen atoms in total. The monoisotopic (exact) mass is 256 g/mol. The first-order valence-corrected chi connectivity index (χ1v) is 6.79. The molecular formula is C12H17FN2OS. The van der Waals surface area contributed by atoms with E-state index < -0.39 is 0 Å². The van der Waals surface area contributed by atoms with Crippen molar-refractivity contribution in [3.63, 3.8) is 0 Å². The van der Waals surface area contributed by atoms with Gasteiger partial charge in [-0.05, 0) is 41.5 Å². The Balaban J connectivity index is 2.21. The van der Waals surface area contributed by atoms with Crippen LogP contribution in [0.2, 0.25) is 0 Å². The molecule has 0 amide bonds. The van der Waals surface area contributed by atoms with E-state index in [0.29, 0.717) is 5.92 Å². The Morgan fingerprint density at radius 1 is 1.59 bits per heavy atom. The summed E-state index contributed by atoms with van der Waals surface area (Å²) in [5.41, 5.74) is 3.69. The molecule has 0 saturated carbocycles. The van der Waals surface area contributed by atoms with Gasteiger partial charge in [0.05, 0.1) is 7.11 Å². The Bertz CT molecular complexity index is 383. The second-order valence-electron chi connectivity index (χ2n) is 4.16. The number of nitrogens with one attached hydrogen (secondary N) is 1. The molecule has 0 spiro atoms. The standard InChI is InChI=1S/C12H17FN2OS/c1-16-11-3-2-8(6-10(11)13)12(15-14)9-4-5-17-7-9/h2-3,6,9,12,15H,4-5,7,14H2,1H3. The summed E-state index contributed by atoms with van der Waals surface area (Å²) in [4.78, 5) is 0. The fraction of sp³-hybridized carbons (Fsp3) is 0.500. The first-order valence-electron chi connectivity index (χ1n) is 5.63. The Labute approximate surface area is 105 Å². The van der Waals surface area contributed by atoms with E-state index in [1.54, 1.807) is 6.07 Å². The van der Waals surface area contributed by atoms with E-state index in [4.69, 9.17) is 10.6 Å². The maximum Gasteiger partial charge on any atom is 0.165 e. The first-order chi connectivity index (χ1) is 8.26. The Morgan fingerprint density at radius 3 is 2.94 bits per heavy atom. The number of methoxy groups -OCH3 is 1. The van der Waals surface area contributed by atoms with Gasteiger partial charge in [0.1, 0.15) is 0 Å². The van der Waals surface area contributed by atoms with E-state index in [2.05, 4.69) is 5.43 Å². The van der Waals surface area contributed by atoms with Gasteiger partial charge in [-0.3, -0.25) is 11.3 Å². The number of nitrogens with two attached hydrogens (primary N) is 1. The molecule has 1 saturated heterocycles. The molecule has 2 unspecified atom stereocenters. The van der Waals surface area contributed by atoms with Gasteiger partial charge < -0.3 is 4.74 Å². The van der Waals surface area contributed by atoms with Gasteiger partial charge in [-0.15, -0.1) is 0 Å². The Morgan fingerprint density at radius 2 is 2.41 bits per heavy atom. The molecule has 1 aliphatic heterocycles. The zero-order valence-electron chi connectivity index (χ0n) is 9.78. The molecule has 94 valence electrons. The lowest BCUT2D eigenvalue weighted by atomic mass is 9.93. The average Bonchev–Trinajstić information content (AvgIpc) is 2.84. The summed E-state index contributed by atoms with van der Waals surface area (Å²) < 4.78 is 18.5. The fourth-order valence-electron chi connectivity index (χ4n) is 2.20. The van der Waals surface area contributed by atoms with Crippen LogP contribution >= 0.6 is 11.8 Å². The van der Waals surface area contributed by atoms with Gasteiger partial charge in [0.2, 0.25) is 0 Å². The molecular weight excluding hydrogens is 239 g/mol. The van der Waals surface area contributed by atoms with Crippen LogP contribution in [0.4, 0.5) is 4.39 Å². The van der Waals surface area contributed by atoms with Gasteiger partial charge >= 0.3 is 0 Å². The number of ether oxygens (including phenoxy) is 1. The summed E-state index contributed by atoms with van der Waals surface area (Å²) in [6.45, 7) is 0. The highest BCUT2D eigenvalue weighted by Gasteiger charge is 2.26. The number of hydrazine groups is 1. The van der Waals surface area contributed by atoms with Gasteiger partial charge in [-0.2, -0.15) is 11.8 Å². The van der Waals surface area contributed by atoms with Gasteiger partial charge in [-0.25, -0.2) is 4.39 Å². The lowest BCUT2D eigenvalue weighted by molar-refractivity contribution is 0.378. The predicted molar refractivity (Wildman–Crippen MR) is 68.4 cm³/mol. The third-order valence-electron chi connectivity index (χ3n) is 3.15. The predicted octanol–water partition coefficient (Wildman–Crippen LogP) is 2.09. The molecule has 5 heteroatoms. The third-order valence-corrected chi connectivity index (χ3v) is 4.34. The van der Waals surface area contributed by atoms with Crippen LogP contribution in [0.15, 0.2) is 18.2 Å². The van der Waals surface area contributed by atoms with Crippen LogP contribution in [0.3, 0.4) is 0 Å². The van der Waals surface area contributed by atoms with Crippen LogP contribution in [-0.4, -0.2) is 18.6 Å². The lowest BCUT2D eigenvalue weighted by Crippen LogP contribution is -2.33. The summed E-state index contributed by atoms with van der Waals surface area (Å²) in [5.74, 6) is 8.22. The van der Waals surface area contributed by atoms with Gasteiger partial charge in [0.15, 0.2) is 11.6 Å². The smallest absolute Gasteiger partial charge is 0.165 e. The Hall–Kier alpha value is -0.780. The molecule has 3 N–H and O–H groups in total. The van der Waals surface area contributed by atoms with Crippen molar-refractivity contribution in [2.75, 3.05) is 18.6 Å². The van der Waals surface area contributed by atoms with Crippen molar-refractivity contribution >= 4 is 11.8 Å². The van der Waals surface area contributed by atoms with Gasteiger partial charge in [0.25, 0.3) is 0 Å². The van der Waals surface area contributed by atoms with Crippen molar-refractivity contribution in [1.29, 1.82) is 0 Å². The molecule has 1 heterocycles. The van der Waals surface area contributed by atoms with Crippen LogP contribution in [0, 0.1) is 11.7 Å². The SMILES string of the molecule is COc1ccc(C(NN)C2CCSC2)cc1F. The average molecular weight is 256 g/mol. The summed E-state index contributed by atoms with van der Waals surface area (Å²) in [7, 11) is 1.46. The van der Waals surface area contributed by atoms with E-state index in [1.807, 2.05) is 17.8 Å². The van der Waals surface area contributed by atoms with E-state index in [9.17, 15) is 4.39 Å². The summed E-state index contributed by atoms with van der Waals surface area (Å²) >= 11 is 1.92. The Kier molecular flexibility index (Phi) is 4.25. The molecule has 0 bridgehead atoms.